The Hall–Kier alpha value is -2.95. The number of hydrogen-bond acceptors (Lipinski definition) is 4. The van der Waals surface area contributed by atoms with Crippen molar-refractivity contribution in [3.63, 3.8) is 0 Å². The third-order valence-corrected chi connectivity index (χ3v) is 2.38. The Labute approximate surface area is 124 Å². The van der Waals surface area contributed by atoms with E-state index in [0.29, 0.717) is 5.57 Å². The lowest BCUT2D eigenvalue weighted by Crippen LogP contribution is -2.29. The van der Waals surface area contributed by atoms with Crippen LogP contribution in [0.25, 0.3) is 0 Å². The molecule has 5 nitrogen and oxygen atoms in total. The van der Waals surface area contributed by atoms with Crippen molar-refractivity contribution in [3.05, 3.63) is 66.8 Å². The number of amides is 1. The molecule has 1 amide bonds. The zero-order valence-corrected chi connectivity index (χ0v) is 12.0. The Bertz CT molecular complexity index is 562. The van der Waals surface area contributed by atoms with Crippen LogP contribution in [0.3, 0.4) is 0 Å². The second kappa shape index (κ2) is 9.03. The third-order valence-electron chi connectivity index (χ3n) is 2.38. The summed E-state index contributed by atoms with van der Waals surface area (Å²) < 4.78 is 0. The molecule has 1 aromatic carbocycles. The summed E-state index contributed by atoms with van der Waals surface area (Å²) in [6, 6.07) is 7.79. The highest BCUT2D eigenvalue weighted by molar-refractivity contribution is 6.68. The summed E-state index contributed by atoms with van der Waals surface area (Å²) in [4.78, 5) is 10.5. The largest absolute Gasteiger partial charge is 0.399 e. The molecule has 0 aliphatic heterocycles. The summed E-state index contributed by atoms with van der Waals surface area (Å²) in [7, 11) is 0. The molecule has 1 aromatic rings. The Morgan fingerprint density at radius 1 is 1.14 bits per heavy atom. The maximum atomic E-state index is 10.5. The number of nitrogen functional groups attached to an aromatic ring is 1. The van der Waals surface area contributed by atoms with Gasteiger partial charge in [-0.25, -0.2) is 0 Å². The predicted octanol–water partition coefficient (Wildman–Crippen LogP) is 2.39. The molecule has 1 rings (SSSR count). The summed E-state index contributed by atoms with van der Waals surface area (Å²) in [5, 5.41) is 14.5. The first-order chi connectivity index (χ1) is 9.83. The Morgan fingerprint density at radius 2 is 1.67 bits per heavy atom. The van der Waals surface area contributed by atoms with Gasteiger partial charge in [-0.1, -0.05) is 49.1 Å². The van der Waals surface area contributed by atoms with Crippen molar-refractivity contribution in [2.75, 3.05) is 5.73 Å². The second-order valence-corrected chi connectivity index (χ2v) is 4.09. The van der Waals surface area contributed by atoms with E-state index in [-0.39, 0.29) is 5.71 Å². The topological polar surface area (TPSA) is 117 Å². The fourth-order valence-electron chi connectivity index (χ4n) is 1.21. The van der Waals surface area contributed by atoms with E-state index in [4.69, 9.17) is 22.3 Å². The minimum atomic E-state index is -0.929. The molecular weight excluding hydrogens is 264 g/mol. The molecule has 0 unspecified atom stereocenters. The van der Waals surface area contributed by atoms with Crippen molar-refractivity contribution >= 4 is 23.0 Å². The number of nitrogens with one attached hydrogen (secondary N) is 2. The molecule has 21 heavy (non-hydrogen) atoms. The predicted molar refractivity (Wildman–Crippen MR) is 88.7 cm³/mol. The van der Waals surface area contributed by atoms with Crippen LogP contribution in [0.4, 0.5) is 5.69 Å². The number of rotatable bonds is 5. The van der Waals surface area contributed by atoms with Crippen molar-refractivity contribution < 1.29 is 4.79 Å². The van der Waals surface area contributed by atoms with Gasteiger partial charge in [0.2, 0.25) is 0 Å². The highest BCUT2D eigenvalue weighted by Gasteiger charge is 2.12. The van der Waals surface area contributed by atoms with Crippen LogP contribution in [-0.2, 0) is 4.79 Å². The molecule has 0 bridgehead atoms. The van der Waals surface area contributed by atoms with E-state index < -0.39 is 11.6 Å². The van der Waals surface area contributed by atoms with Gasteiger partial charge in [0.1, 0.15) is 5.71 Å². The fraction of sp³-hybridized carbons (Fsp3) is 0.0625. The molecule has 0 heterocycles. The Kier molecular flexibility index (Phi) is 7.76. The van der Waals surface area contributed by atoms with Crippen LogP contribution in [0.1, 0.15) is 5.56 Å². The molecule has 0 radical (unpaired) electrons. The van der Waals surface area contributed by atoms with Gasteiger partial charge in [-0.05, 0) is 19.1 Å². The van der Waals surface area contributed by atoms with Crippen molar-refractivity contribution in [1.29, 1.82) is 10.8 Å². The Morgan fingerprint density at radius 3 is 2.00 bits per heavy atom. The number of anilines is 1. The number of benzene rings is 1. The molecular formula is C16H20N4O. The molecule has 0 saturated carbocycles. The smallest absolute Gasteiger partial charge is 0.268 e. The lowest BCUT2D eigenvalue weighted by molar-refractivity contribution is -0.111. The molecule has 5 heteroatoms. The molecule has 0 aromatic heterocycles. The van der Waals surface area contributed by atoms with Gasteiger partial charge in [-0.15, -0.1) is 0 Å². The zero-order valence-electron chi connectivity index (χ0n) is 12.0. The quantitative estimate of drug-likeness (QED) is 0.377. The van der Waals surface area contributed by atoms with Crippen molar-refractivity contribution in [2.45, 2.75) is 6.92 Å². The van der Waals surface area contributed by atoms with Crippen LogP contribution < -0.4 is 11.5 Å². The van der Waals surface area contributed by atoms with E-state index in [0.717, 1.165) is 5.69 Å². The summed E-state index contributed by atoms with van der Waals surface area (Å²) in [6.07, 6.45) is 4.29. The summed E-state index contributed by atoms with van der Waals surface area (Å²) in [5.41, 5.74) is 11.9. The minimum absolute atomic E-state index is 0.248. The zero-order chi connectivity index (χ0) is 16.4. The molecule has 0 aliphatic rings. The maximum Gasteiger partial charge on any atom is 0.268 e. The van der Waals surface area contributed by atoms with Crippen LogP contribution in [0.15, 0.2) is 61.2 Å². The fourth-order valence-corrected chi connectivity index (χ4v) is 1.21. The average molecular weight is 284 g/mol. The van der Waals surface area contributed by atoms with E-state index in [1.165, 1.54) is 23.8 Å². The normalized spacial score (nSPS) is 9.86. The van der Waals surface area contributed by atoms with Crippen LogP contribution >= 0.6 is 0 Å². The molecule has 110 valence electrons. The highest BCUT2D eigenvalue weighted by atomic mass is 16.1. The van der Waals surface area contributed by atoms with Crippen molar-refractivity contribution in [3.8, 4) is 0 Å². The van der Waals surface area contributed by atoms with E-state index in [2.05, 4.69) is 13.2 Å². The molecule has 0 fully saturated rings. The number of primary amides is 1. The minimum Gasteiger partial charge on any atom is -0.399 e. The molecule has 6 N–H and O–H groups in total. The van der Waals surface area contributed by atoms with Crippen LogP contribution in [0, 0.1) is 17.7 Å². The van der Waals surface area contributed by atoms with Gasteiger partial charge in [0.15, 0.2) is 0 Å². The van der Waals surface area contributed by atoms with Gasteiger partial charge in [0, 0.05) is 11.3 Å². The standard InChI is InChI=1S/C9H11N3O.C7H9N/c1-3-5-6(4-2)7(10)8(11)9(12)13;1-6-2-4-7(8)5-3-6/h3-5,10-11H,1-2H2,(H2,12,13);2-5H,8H2,1H3/b6-5+,10-7?,11-8?;. The van der Waals surface area contributed by atoms with Gasteiger partial charge >= 0.3 is 0 Å². The first-order valence-corrected chi connectivity index (χ1v) is 6.08. The van der Waals surface area contributed by atoms with Crippen LogP contribution in [0.5, 0.6) is 0 Å². The van der Waals surface area contributed by atoms with E-state index in [1.54, 1.807) is 0 Å². The van der Waals surface area contributed by atoms with E-state index >= 15 is 0 Å². The second-order valence-electron chi connectivity index (χ2n) is 4.09. The lowest BCUT2D eigenvalue weighted by atomic mass is 10.1. The van der Waals surface area contributed by atoms with Gasteiger partial charge in [-0.3, -0.25) is 15.6 Å². The SMILES string of the molecule is C=C/C=C(\C=C)C(=N)C(=N)C(N)=O.Cc1ccc(N)cc1. The number of nitrogens with two attached hydrogens (primary N) is 2. The summed E-state index contributed by atoms with van der Waals surface area (Å²) in [6.45, 7) is 8.91. The van der Waals surface area contributed by atoms with Gasteiger partial charge in [0.05, 0.1) is 5.71 Å². The number of aryl methyl sites for hydroxylation is 1. The number of allylic oxidation sites excluding steroid dienone is 4. The monoisotopic (exact) mass is 284 g/mol. The Balaban J connectivity index is 0.000000423. The van der Waals surface area contributed by atoms with Crippen LogP contribution in [0.2, 0.25) is 0 Å². The number of hydrogen-bond donors (Lipinski definition) is 4. The maximum absolute atomic E-state index is 10.5. The van der Waals surface area contributed by atoms with Crippen molar-refractivity contribution in [2.24, 2.45) is 5.73 Å². The average Bonchev–Trinajstić information content (AvgIpc) is 2.46. The first-order valence-electron chi connectivity index (χ1n) is 6.08. The van der Waals surface area contributed by atoms with Crippen LogP contribution in [-0.4, -0.2) is 17.3 Å². The summed E-state index contributed by atoms with van der Waals surface area (Å²) in [5.74, 6) is -0.929. The molecule has 0 aliphatic carbocycles. The number of carbonyl (C=O) groups is 1. The van der Waals surface area contributed by atoms with Gasteiger partial charge in [0.25, 0.3) is 5.91 Å². The third kappa shape index (κ3) is 6.68. The first kappa shape index (κ1) is 18.0. The van der Waals surface area contributed by atoms with E-state index in [1.807, 2.05) is 31.2 Å². The molecule has 0 atom stereocenters. The highest BCUT2D eigenvalue weighted by Crippen LogP contribution is 2.02. The van der Waals surface area contributed by atoms with E-state index in [9.17, 15) is 4.79 Å². The molecule has 0 spiro atoms. The summed E-state index contributed by atoms with van der Waals surface area (Å²) >= 11 is 0. The molecule has 0 saturated heterocycles. The van der Waals surface area contributed by atoms with Gasteiger partial charge < -0.3 is 11.5 Å². The number of carbonyl (C=O) groups excluding carboxylic acids is 1. The van der Waals surface area contributed by atoms with Crippen molar-refractivity contribution in [1.82, 2.24) is 0 Å². The van der Waals surface area contributed by atoms with Gasteiger partial charge in [-0.2, -0.15) is 0 Å². The lowest BCUT2D eigenvalue weighted by Gasteiger charge is -2.01.